The molecule has 1 aromatic carbocycles. The summed E-state index contributed by atoms with van der Waals surface area (Å²) in [6.07, 6.45) is 2.06. The van der Waals surface area contributed by atoms with Crippen LogP contribution in [0.4, 0.5) is 10.5 Å². The summed E-state index contributed by atoms with van der Waals surface area (Å²) in [5.74, 6) is 0. The van der Waals surface area contributed by atoms with Crippen LogP contribution in [-0.2, 0) is 28.7 Å². The first kappa shape index (κ1) is 16.6. The molecule has 1 aromatic rings. The zero-order valence-corrected chi connectivity index (χ0v) is 14.7. The second-order valence-electron chi connectivity index (χ2n) is 7.94. The predicted molar refractivity (Wildman–Crippen MR) is 93.3 cm³/mol. The van der Waals surface area contributed by atoms with Gasteiger partial charge in [0.25, 0.3) is 6.02 Å². The number of amidine groups is 1. The van der Waals surface area contributed by atoms with Gasteiger partial charge in [0.05, 0.1) is 7.11 Å². The molecule has 0 aromatic heterocycles. The Bertz CT molecular complexity index is 706. The molecule has 1 unspecified atom stereocenters. The van der Waals surface area contributed by atoms with Crippen LogP contribution in [0.3, 0.4) is 0 Å². The number of anilines is 1. The lowest BCUT2D eigenvalue weighted by molar-refractivity contribution is 0.187. The molecule has 1 heterocycles. The number of aliphatic imine (C=N–C) groups is 1. The van der Waals surface area contributed by atoms with E-state index in [0.29, 0.717) is 6.61 Å². The van der Waals surface area contributed by atoms with Crippen molar-refractivity contribution in [2.24, 2.45) is 16.1 Å². The van der Waals surface area contributed by atoms with Crippen LogP contribution in [0.15, 0.2) is 17.1 Å². The van der Waals surface area contributed by atoms with Gasteiger partial charge in [-0.25, -0.2) is 9.79 Å². The van der Waals surface area contributed by atoms with Gasteiger partial charge in [0, 0.05) is 18.5 Å². The first-order chi connectivity index (χ1) is 11.2. The number of nitrogens with zero attached hydrogens (tertiary/aromatic N) is 1. The van der Waals surface area contributed by atoms with E-state index in [0.717, 1.165) is 24.9 Å². The topological polar surface area (TPSA) is 85.9 Å². The number of rotatable bonds is 2. The van der Waals surface area contributed by atoms with Gasteiger partial charge in [-0.2, -0.15) is 0 Å². The van der Waals surface area contributed by atoms with E-state index in [9.17, 15) is 4.79 Å². The predicted octanol–water partition coefficient (Wildman–Crippen LogP) is 2.64. The van der Waals surface area contributed by atoms with Crippen molar-refractivity contribution in [1.82, 2.24) is 0 Å². The average Bonchev–Trinajstić information content (AvgIpc) is 3.00. The SMILES string of the molecule is COC(=O)Nc1cc(CC(C)(C)C)c2c(c1)CC1(COC(N)=N1)C2. The van der Waals surface area contributed by atoms with E-state index in [1.165, 1.54) is 23.8 Å². The van der Waals surface area contributed by atoms with Gasteiger partial charge in [-0.3, -0.25) is 5.32 Å². The Hall–Kier alpha value is -2.24. The van der Waals surface area contributed by atoms with Crippen LogP contribution in [-0.4, -0.2) is 31.4 Å². The van der Waals surface area contributed by atoms with Crippen LogP contribution in [0, 0.1) is 5.41 Å². The molecule has 1 spiro atoms. The monoisotopic (exact) mass is 331 g/mol. The van der Waals surface area contributed by atoms with E-state index in [4.69, 9.17) is 15.2 Å². The molecule has 1 atom stereocenters. The maximum atomic E-state index is 11.6. The van der Waals surface area contributed by atoms with Crippen molar-refractivity contribution in [2.45, 2.75) is 45.6 Å². The summed E-state index contributed by atoms with van der Waals surface area (Å²) >= 11 is 0. The molecule has 130 valence electrons. The minimum absolute atomic E-state index is 0.141. The van der Waals surface area contributed by atoms with Crippen LogP contribution in [0.1, 0.15) is 37.5 Å². The van der Waals surface area contributed by atoms with Gasteiger partial charge in [0.2, 0.25) is 0 Å². The highest BCUT2D eigenvalue weighted by molar-refractivity contribution is 5.85. The van der Waals surface area contributed by atoms with E-state index in [1.54, 1.807) is 0 Å². The molecule has 1 amide bonds. The molecule has 6 nitrogen and oxygen atoms in total. The molecular formula is C18H25N3O3. The minimum atomic E-state index is -0.462. The van der Waals surface area contributed by atoms with Gasteiger partial charge < -0.3 is 15.2 Å². The van der Waals surface area contributed by atoms with E-state index < -0.39 is 6.09 Å². The van der Waals surface area contributed by atoms with Crippen LogP contribution in [0.5, 0.6) is 0 Å². The Balaban J connectivity index is 1.98. The zero-order valence-electron chi connectivity index (χ0n) is 14.7. The summed E-state index contributed by atoms with van der Waals surface area (Å²) in [4.78, 5) is 16.1. The normalized spacial score (nSPS) is 22.1. The molecule has 0 fully saturated rings. The summed E-state index contributed by atoms with van der Waals surface area (Å²) in [6.45, 7) is 7.14. The lowest BCUT2D eigenvalue weighted by atomic mass is 9.85. The fourth-order valence-electron chi connectivity index (χ4n) is 3.59. The van der Waals surface area contributed by atoms with Crippen molar-refractivity contribution in [3.63, 3.8) is 0 Å². The standard InChI is InChI=1S/C18H25N3O3/c1-17(2,3)7-11-5-13(20-16(22)23-4)6-12-8-18(9-14(11)12)10-24-15(19)21-18/h5-6H,7-10H2,1-4H3,(H2,19,21)(H,20,22). The molecule has 24 heavy (non-hydrogen) atoms. The van der Waals surface area contributed by atoms with Crippen molar-refractivity contribution < 1.29 is 14.3 Å². The number of hydrogen-bond acceptors (Lipinski definition) is 5. The van der Waals surface area contributed by atoms with Gasteiger partial charge in [0.15, 0.2) is 0 Å². The number of nitrogens with two attached hydrogens (primary N) is 1. The van der Waals surface area contributed by atoms with E-state index in [-0.39, 0.29) is 17.0 Å². The largest absolute Gasteiger partial charge is 0.463 e. The molecule has 1 aliphatic heterocycles. The number of hydrogen-bond donors (Lipinski definition) is 2. The summed E-state index contributed by atoms with van der Waals surface area (Å²) < 4.78 is 10.1. The van der Waals surface area contributed by atoms with Crippen molar-refractivity contribution in [1.29, 1.82) is 0 Å². The number of methoxy groups -OCH3 is 1. The highest BCUT2D eigenvalue weighted by Gasteiger charge is 2.43. The Morgan fingerprint density at radius 2 is 2.17 bits per heavy atom. The Labute approximate surface area is 142 Å². The maximum absolute atomic E-state index is 11.6. The lowest BCUT2D eigenvalue weighted by Crippen LogP contribution is -2.28. The fraction of sp³-hybridized carbons (Fsp3) is 0.556. The summed E-state index contributed by atoms with van der Waals surface area (Å²) in [5, 5.41) is 2.78. The average molecular weight is 331 g/mol. The maximum Gasteiger partial charge on any atom is 0.411 e. The van der Waals surface area contributed by atoms with Crippen LogP contribution < -0.4 is 11.1 Å². The van der Waals surface area contributed by atoms with Gasteiger partial charge in [-0.05, 0) is 40.7 Å². The van der Waals surface area contributed by atoms with Gasteiger partial charge in [-0.15, -0.1) is 0 Å². The molecular weight excluding hydrogens is 306 g/mol. The molecule has 6 heteroatoms. The molecule has 0 saturated heterocycles. The number of fused-ring (bicyclic) bond motifs is 1. The number of amides is 1. The molecule has 3 N–H and O–H groups in total. The molecule has 1 aliphatic carbocycles. The highest BCUT2D eigenvalue weighted by Crippen LogP contribution is 2.40. The van der Waals surface area contributed by atoms with Crippen molar-refractivity contribution in [2.75, 3.05) is 19.0 Å². The van der Waals surface area contributed by atoms with Crippen LogP contribution in [0.2, 0.25) is 0 Å². The van der Waals surface area contributed by atoms with E-state index in [1.807, 2.05) is 12.1 Å². The number of ether oxygens (including phenoxy) is 2. The Morgan fingerprint density at radius 3 is 2.75 bits per heavy atom. The van der Waals surface area contributed by atoms with Gasteiger partial charge in [0.1, 0.15) is 12.1 Å². The van der Waals surface area contributed by atoms with Crippen LogP contribution >= 0.6 is 0 Å². The molecule has 3 rings (SSSR count). The number of nitrogens with one attached hydrogen (secondary N) is 1. The summed E-state index contributed by atoms with van der Waals surface area (Å²) in [7, 11) is 1.36. The third kappa shape index (κ3) is 3.32. The molecule has 2 aliphatic rings. The zero-order chi connectivity index (χ0) is 17.5. The quantitative estimate of drug-likeness (QED) is 0.872. The third-order valence-electron chi connectivity index (χ3n) is 4.45. The molecule has 0 saturated carbocycles. The number of carbonyl (C=O) groups excluding carboxylic acids is 1. The van der Waals surface area contributed by atoms with E-state index in [2.05, 4.69) is 31.1 Å². The van der Waals surface area contributed by atoms with E-state index >= 15 is 0 Å². The Kier molecular flexibility index (Phi) is 3.94. The fourth-order valence-corrected chi connectivity index (χ4v) is 3.59. The smallest absolute Gasteiger partial charge is 0.411 e. The first-order valence-corrected chi connectivity index (χ1v) is 8.17. The Morgan fingerprint density at radius 1 is 1.42 bits per heavy atom. The summed E-state index contributed by atoms with van der Waals surface area (Å²) in [6, 6.07) is 4.33. The second-order valence-corrected chi connectivity index (χ2v) is 7.94. The highest BCUT2D eigenvalue weighted by atomic mass is 16.5. The van der Waals surface area contributed by atoms with Gasteiger partial charge in [-0.1, -0.05) is 20.8 Å². The summed E-state index contributed by atoms with van der Waals surface area (Å²) in [5.41, 5.74) is 10.1. The minimum Gasteiger partial charge on any atom is -0.463 e. The van der Waals surface area contributed by atoms with Crippen molar-refractivity contribution >= 4 is 17.8 Å². The first-order valence-electron chi connectivity index (χ1n) is 8.17. The van der Waals surface area contributed by atoms with Gasteiger partial charge >= 0.3 is 6.09 Å². The van der Waals surface area contributed by atoms with Crippen LogP contribution in [0.25, 0.3) is 0 Å². The molecule has 0 bridgehead atoms. The number of benzene rings is 1. The van der Waals surface area contributed by atoms with Crippen molar-refractivity contribution in [3.05, 3.63) is 28.8 Å². The van der Waals surface area contributed by atoms with Crippen molar-refractivity contribution in [3.8, 4) is 0 Å². The second kappa shape index (κ2) is 5.69. The number of carbonyl (C=O) groups is 1. The molecule has 0 radical (unpaired) electrons. The third-order valence-corrected chi connectivity index (χ3v) is 4.45. The lowest BCUT2D eigenvalue weighted by Gasteiger charge is -2.22.